The molecule has 0 spiro atoms. The van der Waals surface area contributed by atoms with E-state index in [2.05, 4.69) is 5.32 Å². The largest absolute Gasteiger partial charge is 0.416 e. The van der Waals surface area contributed by atoms with Crippen LogP contribution in [0, 0.1) is 11.7 Å². The van der Waals surface area contributed by atoms with Crippen LogP contribution >= 0.6 is 0 Å². The van der Waals surface area contributed by atoms with Crippen molar-refractivity contribution in [3.8, 4) is 0 Å². The van der Waals surface area contributed by atoms with Gasteiger partial charge in [-0.2, -0.15) is 30.6 Å². The molecular weight excluding hydrogens is 489 g/mol. The third-order valence-corrected chi connectivity index (χ3v) is 7.04. The zero-order chi connectivity index (χ0) is 25.3. The predicted molar refractivity (Wildman–Crippen MR) is 112 cm³/mol. The van der Waals surface area contributed by atoms with Crippen molar-refractivity contribution >= 4 is 10.0 Å². The Morgan fingerprint density at radius 1 is 0.971 bits per heavy atom. The van der Waals surface area contributed by atoms with Crippen molar-refractivity contribution in [3.63, 3.8) is 0 Å². The van der Waals surface area contributed by atoms with Crippen LogP contribution in [0.4, 0.5) is 30.7 Å². The summed E-state index contributed by atoms with van der Waals surface area (Å²) in [7, 11) is -3.99. The van der Waals surface area contributed by atoms with E-state index in [1.165, 1.54) is 12.1 Å². The maximum atomic E-state index is 13.3. The third-order valence-electron chi connectivity index (χ3n) is 5.82. The SMILES string of the molecule is CS(=O)(=O)N(Cc1cc(C(F)(F)F)cc(C(F)(F)F)c1)C[C@@H]1CNCC[C@H]1c1ccc(F)cc1. The zero-order valence-corrected chi connectivity index (χ0v) is 18.9. The van der Waals surface area contributed by atoms with Crippen LogP contribution in [0.1, 0.15) is 34.6 Å². The lowest BCUT2D eigenvalue weighted by Crippen LogP contribution is -2.43. The minimum Gasteiger partial charge on any atom is -0.316 e. The van der Waals surface area contributed by atoms with E-state index in [4.69, 9.17) is 0 Å². The fourth-order valence-corrected chi connectivity index (χ4v) is 5.00. The molecule has 1 aliphatic rings. The van der Waals surface area contributed by atoms with E-state index in [0.29, 0.717) is 31.6 Å². The molecule has 0 aliphatic carbocycles. The molecule has 0 unspecified atom stereocenters. The Kier molecular flexibility index (Phi) is 7.63. The summed E-state index contributed by atoms with van der Waals surface area (Å²) in [5.41, 5.74) is -2.65. The van der Waals surface area contributed by atoms with Crippen LogP contribution in [0.3, 0.4) is 0 Å². The van der Waals surface area contributed by atoms with Gasteiger partial charge in [0.15, 0.2) is 0 Å². The molecule has 1 fully saturated rings. The van der Waals surface area contributed by atoms with E-state index in [9.17, 15) is 39.2 Å². The first-order valence-corrected chi connectivity index (χ1v) is 12.2. The Morgan fingerprint density at radius 2 is 1.53 bits per heavy atom. The second-order valence-corrected chi connectivity index (χ2v) is 10.4. The monoisotopic (exact) mass is 512 g/mol. The van der Waals surface area contributed by atoms with Crippen molar-refractivity contribution in [3.05, 3.63) is 70.5 Å². The first kappa shape index (κ1) is 26.4. The van der Waals surface area contributed by atoms with Gasteiger partial charge in [-0.15, -0.1) is 0 Å². The van der Waals surface area contributed by atoms with Gasteiger partial charge in [0.05, 0.1) is 17.4 Å². The molecule has 0 aromatic heterocycles. The summed E-state index contributed by atoms with van der Waals surface area (Å²) < 4.78 is 118. The molecule has 34 heavy (non-hydrogen) atoms. The second-order valence-electron chi connectivity index (χ2n) is 8.38. The normalized spacial score (nSPS) is 20.0. The molecule has 12 heteroatoms. The van der Waals surface area contributed by atoms with E-state index in [0.717, 1.165) is 16.1 Å². The Morgan fingerprint density at radius 3 is 2.03 bits per heavy atom. The second kappa shape index (κ2) is 9.82. The summed E-state index contributed by atoms with van der Waals surface area (Å²) in [6, 6.07) is 6.81. The Bertz CT molecular complexity index is 1070. The molecule has 1 heterocycles. The van der Waals surface area contributed by atoms with Crippen LogP contribution in [0.2, 0.25) is 0 Å². The number of benzene rings is 2. The molecule has 0 amide bonds. The minimum atomic E-state index is -5.03. The first-order chi connectivity index (χ1) is 15.6. The van der Waals surface area contributed by atoms with E-state index >= 15 is 0 Å². The van der Waals surface area contributed by atoms with Gasteiger partial charge in [-0.1, -0.05) is 12.1 Å². The molecule has 1 N–H and O–H groups in total. The van der Waals surface area contributed by atoms with Crippen LogP contribution in [0.25, 0.3) is 0 Å². The lowest BCUT2D eigenvalue weighted by atomic mass is 9.81. The van der Waals surface area contributed by atoms with E-state index in [-0.39, 0.29) is 24.4 Å². The summed E-state index contributed by atoms with van der Waals surface area (Å²) in [4.78, 5) is 0. The number of hydrogen-bond acceptors (Lipinski definition) is 3. The fraction of sp³-hybridized carbons (Fsp3) is 0.455. The highest BCUT2D eigenvalue weighted by atomic mass is 32.2. The van der Waals surface area contributed by atoms with Crippen LogP contribution in [0.5, 0.6) is 0 Å². The van der Waals surface area contributed by atoms with Crippen LogP contribution < -0.4 is 5.32 Å². The molecule has 3 rings (SSSR count). The summed E-state index contributed by atoms with van der Waals surface area (Å²) in [6.45, 7) is 0.217. The highest BCUT2D eigenvalue weighted by Crippen LogP contribution is 2.37. The maximum Gasteiger partial charge on any atom is 0.416 e. The van der Waals surface area contributed by atoms with Crippen LogP contribution in [0.15, 0.2) is 42.5 Å². The number of nitrogens with zero attached hydrogens (tertiary/aromatic N) is 1. The Hall–Kier alpha value is -2.18. The highest BCUT2D eigenvalue weighted by Gasteiger charge is 2.38. The molecule has 0 saturated carbocycles. The fourth-order valence-electron chi connectivity index (χ4n) is 4.16. The van der Waals surface area contributed by atoms with Gasteiger partial charge in [0.1, 0.15) is 5.82 Å². The number of nitrogens with one attached hydrogen (secondary N) is 1. The quantitative estimate of drug-likeness (QED) is 0.554. The smallest absolute Gasteiger partial charge is 0.316 e. The summed E-state index contributed by atoms with van der Waals surface area (Å²) >= 11 is 0. The van der Waals surface area contributed by atoms with Gasteiger partial charge in [-0.3, -0.25) is 0 Å². The number of halogens is 7. The molecule has 2 aromatic carbocycles. The molecule has 1 saturated heterocycles. The van der Waals surface area contributed by atoms with Gasteiger partial charge in [0.25, 0.3) is 0 Å². The molecule has 2 aromatic rings. The number of piperidine rings is 1. The average molecular weight is 512 g/mol. The van der Waals surface area contributed by atoms with Crippen molar-refractivity contribution in [2.75, 3.05) is 25.9 Å². The predicted octanol–water partition coefficient (Wildman–Crippen LogP) is 5.02. The number of hydrogen-bond donors (Lipinski definition) is 1. The number of rotatable bonds is 6. The van der Waals surface area contributed by atoms with Crippen LogP contribution in [-0.2, 0) is 28.9 Å². The van der Waals surface area contributed by atoms with E-state index in [1.807, 2.05) is 0 Å². The topological polar surface area (TPSA) is 49.4 Å². The van der Waals surface area contributed by atoms with Crippen molar-refractivity contribution in [2.24, 2.45) is 5.92 Å². The minimum absolute atomic E-state index is 0.00388. The average Bonchev–Trinajstić information content (AvgIpc) is 2.72. The van der Waals surface area contributed by atoms with Gasteiger partial charge in [0, 0.05) is 13.1 Å². The zero-order valence-electron chi connectivity index (χ0n) is 18.0. The number of alkyl halides is 6. The molecule has 0 radical (unpaired) electrons. The molecule has 0 bridgehead atoms. The van der Waals surface area contributed by atoms with Gasteiger partial charge in [-0.25, -0.2) is 12.8 Å². The Balaban J connectivity index is 1.93. The summed E-state index contributed by atoms with van der Waals surface area (Å²) in [5.74, 6) is -0.933. The molecule has 4 nitrogen and oxygen atoms in total. The van der Waals surface area contributed by atoms with Crippen molar-refractivity contribution < 1.29 is 39.2 Å². The third kappa shape index (κ3) is 6.70. The van der Waals surface area contributed by atoms with Crippen LogP contribution in [-0.4, -0.2) is 38.6 Å². The van der Waals surface area contributed by atoms with Crippen molar-refractivity contribution in [1.82, 2.24) is 9.62 Å². The van der Waals surface area contributed by atoms with Gasteiger partial charge in [0.2, 0.25) is 10.0 Å². The van der Waals surface area contributed by atoms with E-state index in [1.54, 1.807) is 12.1 Å². The Labute approximate surface area is 192 Å². The summed E-state index contributed by atoms with van der Waals surface area (Å²) in [5, 5.41) is 3.13. The van der Waals surface area contributed by atoms with Crippen molar-refractivity contribution in [2.45, 2.75) is 31.2 Å². The lowest BCUT2D eigenvalue weighted by Gasteiger charge is -2.35. The maximum absolute atomic E-state index is 13.3. The van der Waals surface area contributed by atoms with E-state index < -0.39 is 51.4 Å². The number of sulfonamides is 1. The van der Waals surface area contributed by atoms with Crippen molar-refractivity contribution in [1.29, 1.82) is 0 Å². The van der Waals surface area contributed by atoms with Gasteiger partial charge >= 0.3 is 12.4 Å². The first-order valence-electron chi connectivity index (χ1n) is 10.3. The standard InChI is InChI=1S/C22H23F7N2O2S/c1-34(32,33)31(12-14-8-17(21(24,25)26)10-18(9-14)22(27,28)29)13-16-11-30-7-6-20(16)15-2-4-19(23)5-3-15/h2-5,8-10,16,20,30H,6-7,11-13H2,1H3/t16-,20-/m0/s1. The lowest BCUT2D eigenvalue weighted by molar-refractivity contribution is -0.143. The van der Waals surface area contributed by atoms with Gasteiger partial charge < -0.3 is 5.32 Å². The molecule has 1 aliphatic heterocycles. The molecular formula is C22H23F7N2O2S. The molecule has 2 atom stereocenters. The van der Waals surface area contributed by atoms with Gasteiger partial charge in [-0.05, 0) is 72.8 Å². The molecule has 188 valence electrons. The summed E-state index contributed by atoms with van der Waals surface area (Å²) in [6.07, 6.45) is -8.61. The highest BCUT2D eigenvalue weighted by molar-refractivity contribution is 7.88.